The van der Waals surface area contributed by atoms with Crippen LogP contribution in [-0.2, 0) is 4.79 Å². The summed E-state index contributed by atoms with van der Waals surface area (Å²) in [6.07, 6.45) is 0.384. The molecule has 0 aliphatic heterocycles. The predicted molar refractivity (Wildman–Crippen MR) is 48.3 cm³/mol. The number of amides is 1. The fourth-order valence-electron chi connectivity index (χ4n) is 0.732. The molecule has 0 aromatic carbocycles. The summed E-state index contributed by atoms with van der Waals surface area (Å²) >= 11 is 3.93. The van der Waals surface area contributed by atoms with Gasteiger partial charge in [0, 0.05) is 12.5 Å². The van der Waals surface area contributed by atoms with Gasteiger partial charge in [-0.05, 0) is 12.7 Å². The Morgan fingerprint density at radius 3 is 3.08 bits per heavy atom. The number of carbonyl (C=O) groups excluding carboxylic acids is 1. The van der Waals surface area contributed by atoms with Crippen molar-refractivity contribution in [2.45, 2.75) is 13.3 Å². The first-order chi connectivity index (χ1) is 5.72. The Labute approximate surface area is 75.7 Å². The lowest BCUT2D eigenvalue weighted by molar-refractivity contribution is -0.115. The second-order valence-corrected chi connectivity index (χ2v) is 2.79. The highest BCUT2D eigenvalue weighted by Crippen LogP contribution is 2.06. The summed E-state index contributed by atoms with van der Waals surface area (Å²) in [7, 11) is 0. The number of hydrogen-bond donors (Lipinski definition) is 2. The van der Waals surface area contributed by atoms with E-state index in [4.69, 9.17) is 4.52 Å². The van der Waals surface area contributed by atoms with Crippen LogP contribution in [-0.4, -0.2) is 16.8 Å². The lowest BCUT2D eigenvalue weighted by Gasteiger charge is -1.96. The van der Waals surface area contributed by atoms with Crippen molar-refractivity contribution in [1.82, 2.24) is 5.16 Å². The Balaban J connectivity index is 2.46. The summed E-state index contributed by atoms with van der Waals surface area (Å²) in [5, 5.41) is 6.18. The lowest BCUT2D eigenvalue weighted by atomic mass is 10.4. The summed E-state index contributed by atoms with van der Waals surface area (Å²) < 4.78 is 4.76. The van der Waals surface area contributed by atoms with E-state index < -0.39 is 0 Å². The van der Waals surface area contributed by atoms with Crippen molar-refractivity contribution in [3.63, 3.8) is 0 Å². The molecule has 1 N–H and O–H groups in total. The standard InChI is InChI=1S/C7H10N2O2S/c1-5-4-6(9-11-5)8-7(10)2-3-12/h4,12H,2-3H2,1H3,(H,8,9,10). The van der Waals surface area contributed by atoms with Crippen LogP contribution in [0.25, 0.3) is 0 Å². The van der Waals surface area contributed by atoms with Crippen molar-refractivity contribution >= 4 is 24.4 Å². The highest BCUT2D eigenvalue weighted by atomic mass is 32.1. The minimum Gasteiger partial charge on any atom is -0.360 e. The van der Waals surface area contributed by atoms with E-state index in [9.17, 15) is 4.79 Å². The van der Waals surface area contributed by atoms with E-state index >= 15 is 0 Å². The van der Waals surface area contributed by atoms with Gasteiger partial charge < -0.3 is 9.84 Å². The van der Waals surface area contributed by atoms with Crippen molar-refractivity contribution in [3.8, 4) is 0 Å². The first kappa shape index (κ1) is 9.12. The van der Waals surface area contributed by atoms with Crippen molar-refractivity contribution in [2.75, 3.05) is 11.1 Å². The fraction of sp³-hybridized carbons (Fsp3) is 0.429. The van der Waals surface area contributed by atoms with Gasteiger partial charge in [-0.1, -0.05) is 5.16 Å². The normalized spacial score (nSPS) is 9.83. The Morgan fingerprint density at radius 1 is 1.83 bits per heavy atom. The molecule has 0 spiro atoms. The average Bonchev–Trinajstić information content (AvgIpc) is 2.36. The third-order valence-electron chi connectivity index (χ3n) is 1.23. The quantitative estimate of drug-likeness (QED) is 0.698. The van der Waals surface area contributed by atoms with Crippen LogP contribution in [0.2, 0.25) is 0 Å². The van der Waals surface area contributed by atoms with Gasteiger partial charge in [-0.2, -0.15) is 12.6 Å². The number of nitrogens with zero attached hydrogens (tertiary/aromatic N) is 1. The van der Waals surface area contributed by atoms with Crippen molar-refractivity contribution in [3.05, 3.63) is 11.8 Å². The summed E-state index contributed by atoms with van der Waals surface area (Å²) in [6.45, 7) is 1.77. The van der Waals surface area contributed by atoms with Crippen LogP contribution in [0, 0.1) is 6.92 Å². The van der Waals surface area contributed by atoms with E-state index in [-0.39, 0.29) is 5.91 Å². The summed E-state index contributed by atoms with van der Waals surface area (Å²) in [6, 6.07) is 1.66. The Morgan fingerprint density at radius 2 is 2.58 bits per heavy atom. The van der Waals surface area contributed by atoms with E-state index in [1.54, 1.807) is 13.0 Å². The van der Waals surface area contributed by atoms with E-state index in [1.807, 2.05) is 0 Å². The van der Waals surface area contributed by atoms with Gasteiger partial charge >= 0.3 is 0 Å². The molecule has 1 heterocycles. The SMILES string of the molecule is Cc1cc(NC(=O)CCS)no1. The van der Waals surface area contributed by atoms with Gasteiger partial charge in [0.15, 0.2) is 5.82 Å². The smallest absolute Gasteiger partial charge is 0.226 e. The van der Waals surface area contributed by atoms with Gasteiger partial charge in [0.2, 0.25) is 5.91 Å². The molecule has 0 fully saturated rings. The van der Waals surface area contributed by atoms with E-state index in [2.05, 4.69) is 23.1 Å². The second-order valence-electron chi connectivity index (χ2n) is 2.34. The third kappa shape index (κ3) is 2.58. The highest BCUT2D eigenvalue weighted by Gasteiger charge is 2.03. The molecular weight excluding hydrogens is 176 g/mol. The average molecular weight is 186 g/mol. The van der Waals surface area contributed by atoms with Crippen LogP contribution in [0.4, 0.5) is 5.82 Å². The number of hydrogen-bond acceptors (Lipinski definition) is 4. The molecule has 0 atom stereocenters. The van der Waals surface area contributed by atoms with Gasteiger partial charge in [-0.3, -0.25) is 4.79 Å². The molecular formula is C7H10N2O2S. The minimum atomic E-state index is -0.0988. The van der Waals surface area contributed by atoms with E-state index in [1.165, 1.54) is 0 Å². The van der Waals surface area contributed by atoms with Gasteiger partial charge in [-0.25, -0.2) is 0 Å². The topological polar surface area (TPSA) is 55.1 Å². The van der Waals surface area contributed by atoms with Crippen LogP contribution < -0.4 is 5.32 Å². The molecule has 66 valence electrons. The molecule has 0 unspecified atom stereocenters. The number of thiol groups is 1. The second kappa shape index (κ2) is 4.15. The molecule has 1 amide bonds. The molecule has 1 rings (SSSR count). The predicted octanol–water partition coefficient (Wildman–Crippen LogP) is 1.24. The van der Waals surface area contributed by atoms with Crippen LogP contribution in [0.5, 0.6) is 0 Å². The Bertz CT molecular complexity index is 272. The van der Waals surface area contributed by atoms with Gasteiger partial charge in [0.25, 0.3) is 0 Å². The fourth-order valence-corrected chi connectivity index (χ4v) is 0.935. The summed E-state index contributed by atoms with van der Waals surface area (Å²) in [5.41, 5.74) is 0. The van der Waals surface area contributed by atoms with Crippen LogP contribution in [0.1, 0.15) is 12.2 Å². The third-order valence-corrected chi connectivity index (χ3v) is 1.46. The maximum atomic E-state index is 11.0. The zero-order valence-corrected chi connectivity index (χ0v) is 7.60. The zero-order chi connectivity index (χ0) is 8.97. The maximum absolute atomic E-state index is 11.0. The Kier molecular flexibility index (Phi) is 3.16. The highest BCUT2D eigenvalue weighted by molar-refractivity contribution is 7.80. The molecule has 5 heteroatoms. The first-order valence-electron chi connectivity index (χ1n) is 3.56. The Hall–Kier alpha value is -0.970. The van der Waals surface area contributed by atoms with Crippen molar-refractivity contribution < 1.29 is 9.32 Å². The summed E-state index contributed by atoms with van der Waals surface area (Å²) in [4.78, 5) is 11.0. The number of carbonyl (C=O) groups is 1. The molecule has 4 nitrogen and oxygen atoms in total. The first-order valence-corrected chi connectivity index (χ1v) is 4.19. The maximum Gasteiger partial charge on any atom is 0.226 e. The van der Waals surface area contributed by atoms with Crippen molar-refractivity contribution in [2.24, 2.45) is 0 Å². The van der Waals surface area contributed by atoms with E-state index in [0.29, 0.717) is 23.8 Å². The van der Waals surface area contributed by atoms with E-state index in [0.717, 1.165) is 0 Å². The van der Waals surface area contributed by atoms with Gasteiger partial charge in [0.1, 0.15) is 5.76 Å². The largest absolute Gasteiger partial charge is 0.360 e. The molecule has 1 aromatic heterocycles. The number of nitrogens with one attached hydrogen (secondary N) is 1. The number of aromatic nitrogens is 1. The molecule has 0 saturated carbocycles. The molecule has 0 radical (unpaired) electrons. The molecule has 0 saturated heterocycles. The monoisotopic (exact) mass is 186 g/mol. The number of aryl methyl sites for hydroxylation is 1. The van der Waals surface area contributed by atoms with Crippen LogP contribution >= 0.6 is 12.6 Å². The molecule has 12 heavy (non-hydrogen) atoms. The molecule has 1 aromatic rings. The summed E-state index contributed by atoms with van der Waals surface area (Å²) in [5.74, 6) is 1.57. The molecule has 0 aliphatic carbocycles. The minimum absolute atomic E-state index is 0.0988. The molecule has 0 bridgehead atoms. The van der Waals surface area contributed by atoms with Crippen molar-refractivity contribution in [1.29, 1.82) is 0 Å². The number of rotatable bonds is 3. The van der Waals surface area contributed by atoms with Crippen LogP contribution in [0.3, 0.4) is 0 Å². The lowest BCUT2D eigenvalue weighted by Crippen LogP contribution is -2.11. The number of anilines is 1. The van der Waals surface area contributed by atoms with Gasteiger partial charge in [-0.15, -0.1) is 0 Å². The van der Waals surface area contributed by atoms with Crippen LogP contribution in [0.15, 0.2) is 10.6 Å². The zero-order valence-electron chi connectivity index (χ0n) is 6.70. The molecule has 0 aliphatic rings. The van der Waals surface area contributed by atoms with Gasteiger partial charge in [0.05, 0.1) is 0 Å².